The third-order valence-electron chi connectivity index (χ3n) is 4.35. The summed E-state index contributed by atoms with van der Waals surface area (Å²) in [5.74, 6) is 0.797. The highest BCUT2D eigenvalue weighted by molar-refractivity contribution is 5.91. The van der Waals surface area contributed by atoms with E-state index in [4.69, 9.17) is 4.74 Å². The summed E-state index contributed by atoms with van der Waals surface area (Å²) >= 11 is 0. The Kier molecular flexibility index (Phi) is 5.56. The van der Waals surface area contributed by atoms with Crippen molar-refractivity contribution < 1.29 is 9.53 Å². The van der Waals surface area contributed by atoms with Crippen LogP contribution in [-0.2, 0) is 0 Å². The van der Waals surface area contributed by atoms with Crippen molar-refractivity contribution in [3.8, 4) is 11.4 Å². The minimum Gasteiger partial charge on any atom is -0.497 e. The Hall–Kier alpha value is -3.54. The first-order chi connectivity index (χ1) is 13.1. The van der Waals surface area contributed by atoms with E-state index in [1.54, 1.807) is 13.3 Å². The fraction of sp³-hybridized carbons (Fsp3) is 0.143. The standard InChI is InChI=1S/C21H22N4O2/c1-15-6-4-8-20(16(15)2)23-21(26)24-22-14-18-7-5-13-25(18)17-9-11-19(27-3)12-10-17/h4-14H,1-3H3,(H2,23,24,26)/b22-14+. The summed E-state index contributed by atoms with van der Waals surface area (Å²) in [6, 6.07) is 16.9. The van der Waals surface area contributed by atoms with Gasteiger partial charge in [0.2, 0.25) is 0 Å². The zero-order valence-electron chi connectivity index (χ0n) is 15.6. The van der Waals surface area contributed by atoms with Gasteiger partial charge in [-0.05, 0) is 67.4 Å². The van der Waals surface area contributed by atoms with Crippen LogP contribution in [0.15, 0.2) is 65.9 Å². The minimum atomic E-state index is -0.387. The fourth-order valence-electron chi connectivity index (χ4n) is 2.67. The minimum absolute atomic E-state index is 0.387. The van der Waals surface area contributed by atoms with E-state index in [-0.39, 0.29) is 6.03 Å². The van der Waals surface area contributed by atoms with E-state index in [9.17, 15) is 4.79 Å². The normalized spacial score (nSPS) is 10.8. The molecule has 0 atom stereocenters. The first-order valence-corrected chi connectivity index (χ1v) is 8.56. The largest absolute Gasteiger partial charge is 0.497 e. The summed E-state index contributed by atoms with van der Waals surface area (Å²) < 4.78 is 7.15. The van der Waals surface area contributed by atoms with Gasteiger partial charge in [-0.15, -0.1) is 0 Å². The molecular weight excluding hydrogens is 340 g/mol. The van der Waals surface area contributed by atoms with Gasteiger partial charge in [0, 0.05) is 17.6 Å². The molecule has 2 aromatic carbocycles. The van der Waals surface area contributed by atoms with Crippen molar-refractivity contribution in [3.63, 3.8) is 0 Å². The van der Waals surface area contributed by atoms with Crippen LogP contribution < -0.4 is 15.5 Å². The molecule has 6 heteroatoms. The lowest BCUT2D eigenvalue weighted by atomic mass is 10.1. The Balaban J connectivity index is 1.66. The number of rotatable bonds is 5. The number of ether oxygens (including phenoxy) is 1. The van der Waals surface area contributed by atoms with Gasteiger partial charge in [-0.1, -0.05) is 12.1 Å². The van der Waals surface area contributed by atoms with Gasteiger partial charge < -0.3 is 14.6 Å². The first kappa shape index (κ1) is 18.3. The first-order valence-electron chi connectivity index (χ1n) is 8.56. The maximum Gasteiger partial charge on any atom is 0.339 e. The summed E-state index contributed by atoms with van der Waals surface area (Å²) in [5, 5.41) is 6.85. The van der Waals surface area contributed by atoms with E-state index in [1.165, 1.54) is 0 Å². The number of aryl methyl sites for hydroxylation is 1. The molecule has 27 heavy (non-hydrogen) atoms. The van der Waals surface area contributed by atoms with E-state index in [0.717, 1.165) is 33.9 Å². The number of methoxy groups -OCH3 is 1. The number of hydrogen-bond donors (Lipinski definition) is 2. The average Bonchev–Trinajstić information content (AvgIpc) is 3.14. The number of urea groups is 1. The Morgan fingerprint density at radius 3 is 2.59 bits per heavy atom. The lowest BCUT2D eigenvalue weighted by Crippen LogP contribution is -2.24. The van der Waals surface area contributed by atoms with Crippen molar-refractivity contribution >= 4 is 17.9 Å². The van der Waals surface area contributed by atoms with Gasteiger partial charge in [0.15, 0.2) is 0 Å². The number of benzene rings is 2. The molecule has 0 saturated heterocycles. The Labute approximate surface area is 158 Å². The Morgan fingerprint density at radius 2 is 1.85 bits per heavy atom. The van der Waals surface area contributed by atoms with Crippen molar-refractivity contribution in [2.24, 2.45) is 5.10 Å². The van der Waals surface area contributed by atoms with Crippen molar-refractivity contribution in [2.75, 3.05) is 12.4 Å². The van der Waals surface area contributed by atoms with Gasteiger partial charge >= 0.3 is 6.03 Å². The van der Waals surface area contributed by atoms with Gasteiger partial charge in [-0.25, -0.2) is 10.2 Å². The van der Waals surface area contributed by atoms with Crippen molar-refractivity contribution in [3.05, 3.63) is 77.6 Å². The molecule has 0 radical (unpaired) electrons. The molecule has 2 N–H and O–H groups in total. The van der Waals surface area contributed by atoms with Crippen LogP contribution in [0.4, 0.5) is 10.5 Å². The maximum atomic E-state index is 12.1. The number of hydrazone groups is 1. The third-order valence-corrected chi connectivity index (χ3v) is 4.35. The van der Waals surface area contributed by atoms with Gasteiger partial charge in [0.1, 0.15) is 5.75 Å². The van der Waals surface area contributed by atoms with Gasteiger partial charge in [0.25, 0.3) is 0 Å². The van der Waals surface area contributed by atoms with Gasteiger partial charge in [0.05, 0.1) is 19.0 Å². The highest BCUT2D eigenvalue weighted by Gasteiger charge is 2.05. The van der Waals surface area contributed by atoms with Crippen LogP contribution in [0.3, 0.4) is 0 Å². The van der Waals surface area contributed by atoms with E-state index in [1.807, 2.05) is 79.2 Å². The van der Waals surface area contributed by atoms with Crippen molar-refractivity contribution in [1.82, 2.24) is 9.99 Å². The second-order valence-electron chi connectivity index (χ2n) is 6.07. The summed E-state index contributed by atoms with van der Waals surface area (Å²) in [4.78, 5) is 12.1. The zero-order valence-corrected chi connectivity index (χ0v) is 15.6. The van der Waals surface area contributed by atoms with Crippen molar-refractivity contribution in [2.45, 2.75) is 13.8 Å². The molecule has 1 heterocycles. The molecule has 0 aliphatic carbocycles. The molecule has 6 nitrogen and oxygen atoms in total. The fourth-order valence-corrected chi connectivity index (χ4v) is 2.67. The van der Waals surface area contributed by atoms with Crippen LogP contribution in [0.5, 0.6) is 5.75 Å². The van der Waals surface area contributed by atoms with E-state index in [2.05, 4.69) is 15.8 Å². The van der Waals surface area contributed by atoms with Crippen LogP contribution in [0.2, 0.25) is 0 Å². The summed E-state index contributed by atoms with van der Waals surface area (Å²) in [5.41, 5.74) is 7.23. The Bertz CT molecular complexity index is 959. The molecule has 0 fully saturated rings. The molecule has 0 bridgehead atoms. The van der Waals surface area contributed by atoms with E-state index < -0.39 is 0 Å². The lowest BCUT2D eigenvalue weighted by molar-refractivity contribution is 0.252. The number of nitrogens with one attached hydrogen (secondary N) is 2. The third kappa shape index (κ3) is 4.36. The lowest BCUT2D eigenvalue weighted by Gasteiger charge is -2.09. The molecule has 138 valence electrons. The predicted octanol–water partition coefficient (Wildman–Crippen LogP) is 4.26. The highest BCUT2D eigenvalue weighted by atomic mass is 16.5. The van der Waals surface area contributed by atoms with E-state index in [0.29, 0.717) is 0 Å². The number of carbonyl (C=O) groups excluding carboxylic acids is 1. The number of anilines is 1. The summed E-state index contributed by atoms with van der Waals surface area (Å²) in [7, 11) is 1.64. The highest BCUT2D eigenvalue weighted by Crippen LogP contribution is 2.18. The summed E-state index contributed by atoms with van der Waals surface area (Å²) in [6.45, 7) is 3.97. The molecular formula is C21H22N4O2. The number of amides is 2. The molecule has 0 aliphatic heterocycles. The number of carbonyl (C=O) groups is 1. The second-order valence-corrected chi connectivity index (χ2v) is 6.07. The molecule has 2 amide bonds. The smallest absolute Gasteiger partial charge is 0.339 e. The SMILES string of the molecule is COc1ccc(-n2cccc2/C=N/NC(=O)Nc2cccc(C)c2C)cc1. The topological polar surface area (TPSA) is 67.6 Å². The molecule has 1 aromatic heterocycles. The maximum absolute atomic E-state index is 12.1. The van der Waals surface area contributed by atoms with Gasteiger partial charge in [-0.2, -0.15) is 5.10 Å². The van der Waals surface area contributed by atoms with Crippen LogP contribution >= 0.6 is 0 Å². The Morgan fingerprint density at radius 1 is 1.07 bits per heavy atom. The molecule has 0 saturated carbocycles. The molecule has 3 rings (SSSR count). The average molecular weight is 362 g/mol. The predicted molar refractivity (Wildman–Crippen MR) is 108 cm³/mol. The van der Waals surface area contributed by atoms with Crippen LogP contribution in [0.25, 0.3) is 5.69 Å². The monoisotopic (exact) mass is 362 g/mol. The molecule has 0 aliphatic rings. The van der Waals surface area contributed by atoms with Crippen LogP contribution in [0, 0.1) is 13.8 Å². The van der Waals surface area contributed by atoms with E-state index >= 15 is 0 Å². The van der Waals surface area contributed by atoms with Gasteiger partial charge in [-0.3, -0.25) is 0 Å². The number of aromatic nitrogens is 1. The zero-order chi connectivity index (χ0) is 19.2. The molecule has 0 unspecified atom stereocenters. The quantitative estimate of drug-likeness (QED) is 0.526. The summed E-state index contributed by atoms with van der Waals surface area (Å²) in [6.07, 6.45) is 3.53. The van der Waals surface area contributed by atoms with Crippen LogP contribution in [0.1, 0.15) is 16.8 Å². The second kappa shape index (κ2) is 8.23. The van der Waals surface area contributed by atoms with Crippen molar-refractivity contribution in [1.29, 1.82) is 0 Å². The van der Waals surface area contributed by atoms with Crippen LogP contribution in [-0.4, -0.2) is 23.9 Å². The number of nitrogens with zero attached hydrogens (tertiary/aromatic N) is 2. The molecule has 0 spiro atoms. The molecule has 3 aromatic rings. The number of hydrogen-bond acceptors (Lipinski definition) is 3.